The second kappa shape index (κ2) is 7.49. The van der Waals surface area contributed by atoms with E-state index in [1.54, 1.807) is 19.1 Å². The average molecular weight is 318 g/mol. The van der Waals surface area contributed by atoms with E-state index in [1.807, 2.05) is 6.92 Å². The zero-order chi connectivity index (χ0) is 16.8. The summed E-state index contributed by atoms with van der Waals surface area (Å²) in [5.74, 6) is -0.191. The van der Waals surface area contributed by atoms with Crippen LogP contribution in [0.15, 0.2) is 24.3 Å². The highest BCUT2D eigenvalue weighted by Gasteiger charge is 2.28. The Kier molecular flexibility index (Phi) is 6.22. The minimum absolute atomic E-state index is 0.105. The fourth-order valence-corrected chi connectivity index (χ4v) is 1.93. The molecule has 1 unspecified atom stereocenters. The van der Waals surface area contributed by atoms with Crippen LogP contribution in [-0.2, 0) is 11.3 Å². The number of nitrogens with two attached hydrogens (primary N) is 1. The van der Waals surface area contributed by atoms with Gasteiger partial charge in [-0.25, -0.2) is 0 Å². The lowest BCUT2D eigenvalue weighted by molar-refractivity contribution is -0.153. The Morgan fingerprint density at radius 3 is 2.64 bits per heavy atom. The molecule has 1 rings (SSSR count). The van der Waals surface area contributed by atoms with Crippen LogP contribution in [0.2, 0.25) is 0 Å². The summed E-state index contributed by atoms with van der Waals surface area (Å²) in [6, 6.07) is 6.15. The molecule has 0 fully saturated rings. The molecule has 0 aliphatic heterocycles. The maximum absolute atomic E-state index is 12.1. The zero-order valence-electron chi connectivity index (χ0n) is 12.7. The van der Waals surface area contributed by atoms with E-state index in [2.05, 4.69) is 10.1 Å². The van der Waals surface area contributed by atoms with Crippen molar-refractivity contribution < 1.29 is 22.7 Å². The first-order valence-corrected chi connectivity index (χ1v) is 7.00. The largest absolute Gasteiger partial charge is 0.484 e. The van der Waals surface area contributed by atoms with Gasteiger partial charge in [-0.2, -0.15) is 13.2 Å². The predicted molar refractivity (Wildman–Crippen MR) is 77.3 cm³/mol. The summed E-state index contributed by atoms with van der Waals surface area (Å²) in [4.78, 5) is 12.0. The van der Waals surface area contributed by atoms with Gasteiger partial charge < -0.3 is 15.8 Å². The SMILES string of the molecule is CCCC(C)(N)C(=O)NCc1cccc(OCC(F)(F)F)c1. The van der Waals surface area contributed by atoms with E-state index in [1.165, 1.54) is 12.1 Å². The number of carbonyl (C=O) groups is 1. The number of hydrogen-bond donors (Lipinski definition) is 2. The fraction of sp³-hybridized carbons (Fsp3) is 0.533. The molecule has 0 bridgehead atoms. The molecule has 1 aromatic carbocycles. The van der Waals surface area contributed by atoms with E-state index < -0.39 is 18.3 Å². The molecule has 0 aliphatic rings. The molecule has 0 radical (unpaired) electrons. The molecule has 3 N–H and O–H groups in total. The third-order valence-electron chi connectivity index (χ3n) is 3.04. The van der Waals surface area contributed by atoms with E-state index in [9.17, 15) is 18.0 Å². The summed E-state index contributed by atoms with van der Waals surface area (Å²) in [5.41, 5.74) is 5.58. The molecular weight excluding hydrogens is 297 g/mol. The summed E-state index contributed by atoms with van der Waals surface area (Å²) in [5, 5.41) is 2.68. The molecule has 0 aromatic heterocycles. The maximum atomic E-state index is 12.1. The lowest BCUT2D eigenvalue weighted by Crippen LogP contribution is -2.51. The molecule has 1 amide bonds. The zero-order valence-corrected chi connectivity index (χ0v) is 12.7. The van der Waals surface area contributed by atoms with Crippen molar-refractivity contribution in [1.82, 2.24) is 5.32 Å². The molecule has 0 saturated heterocycles. The molecule has 4 nitrogen and oxygen atoms in total. The van der Waals surface area contributed by atoms with Gasteiger partial charge in [0, 0.05) is 6.54 Å². The van der Waals surface area contributed by atoms with Gasteiger partial charge in [0.15, 0.2) is 6.61 Å². The van der Waals surface area contributed by atoms with Crippen molar-refractivity contribution in [2.45, 2.75) is 44.9 Å². The number of carbonyl (C=O) groups excluding carboxylic acids is 1. The number of rotatable bonds is 7. The highest BCUT2D eigenvalue weighted by atomic mass is 19.4. The Bertz CT molecular complexity index is 502. The normalized spacial score (nSPS) is 14.3. The minimum Gasteiger partial charge on any atom is -0.484 e. The van der Waals surface area contributed by atoms with Crippen molar-refractivity contribution in [3.63, 3.8) is 0 Å². The Hall–Kier alpha value is -1.76. The van der Waals surface area contributed by atoms with Gasteiger partial charge in [0.2, 0.25) is 5.91 Å². The van der Waals surface area contributed by atoms with E-state index in [0.717, 1.165) is 6.42 Å². The Morgan fingerprint density at radius 2 is 2.05 bits per heavy atom. The van der Waals surface area contributed by atoms with Crippen molar-refractivity contribution >= 4 is 5.91 Å². The second-order valence-corrected chi connectivity index (χ2v) is 5.40. The number of nitrogens with one attached hydrogen (secondary N) is 1. The summed E-state index contributed by atoms with van der Waals surface area (Å²) in [6.45, 7) is 2.41. The van der Waals surface area contributed by atoms with Crippen molar-refractivity contribution in [2.75, 3.05) is 6.61 Å². The van der Waals surface area contributed by atoms with Crippen molar-refractivity contribution in [2.24, 2.45) is 5.73 Å². The van der Waals surface area contributed by atoms with Crippen LogP contribution in [0.1, 0.15) is 32.3 Å². The van der Waals surface area contributed by atoms with Crippen LogP contribution in [0.4, 0.5) is 13.2 Å². The summed E-state index contributed by atoms with van der Waals surface area (Å²) in [6.07, 6.45) is -3.06. The highest BCUT2D eigenvalue weighted by Crippen LogP contribution is 2.19. The highest BCUT2D eigenvalue weighted by molar-refractivity contribution is 5.85. The second-order valence-electron chi connectivity index (χ2n) is 5.40. The van der Waals surface area contributed by atoms with Gasteiger partial charge in [-0.15, -0.1) is 0 Å². The molecule has 124 valence electrons. The average Bonchev–Trinajstić information content (AvgIpc) is 2.42. The number of alkyl halides is 3. The van der Waals surface area contributed by atoms with Gasteiger partial charge in [0.25, 0.3) is 0 Å². The van der Waals surface area contributed by atoms with Crippen molar-refractivity contribution in [3.05, 3.63) is 29.8 Å². The molecule has 0 aliphatic carbocycles. The predicted octanol–water partition coefficient (Wildman–Crippen LogP) is 2.76. The van der Waals surface area contributed by atoms with Crippen LogP contribution in [0.3, 0.4) is 0 Å². The van der Waals surface area contributed by atoms with Gasteiger partial charge in [0.05, 0.1) is 5.54 Å². The van der Waals surface area contributed by atoms with E-state index in [-0.39, 0.29) is 18.2 Å². The molecule has 22 heavy (non-hydrogen) atoms. The summed E-state index contributed by atoms with van der Waals surface area (Å²) < 4.78 is 41.0. The Labute approximate surface area is 127 Å². The van der Waals surface area contributed by atoms with Gasteiger partial charge >= 0.3 is 6.18 Å². The lowest BCUT2D eigenvalue weighted by Gasteiger charge is -2.22. The van der Waals surface area contributed by atoms with Gasteiger partial charge in [-0.3, -0.25) is 4.79 Å². The first-order chi connectivity index (χ1) is 10.1. The quantitative estimate of drug-likeness (QED) is 0.812. The minimum atomic E-state index is -4.38. The number of benzene rings is 1. The van der Waals surface area contributed by atoms with E-state index >= 15 is 0 Å². The first kappa shape index (κ1) is 18.3. The number of halogens is 3. The van der Waals surface area contributed by atoms with Crippen LogP contribution in [0.5, 0.6) is 5.75 Å². The van der Waals surface area contributed by atoms with Crippen molar-refractivity contribution in [1.29, 1.82) is 0 Å². The van der Waals surface area contributed by atoms with Crippen molar-refractivity contribution in [3.8, 4) is 5.75 Å². The molecular formula is C15H21F3N2O2. The Morgan fingerprint density at radius 1 is 1.36 bits per heavy atom. The van der Waals surface area contributed by atoms with Crippen LogP contribution in [0.25, 0.3) is 0 Å². The topological polar surface area (TPSA) is 64.4 Å². The van der Waals surface area contributed by atoms with Crippen LogP contribution in [-0.4, -0.2) is 24.2 Å². The van der Waals surface area contributed by atoms with Crippen LogP contribution in [0, 0.1) is 0 Å². The van der Waals surface area contributed by atoms with Crippen LogP contribution < -0.4 is 15.8 Å². The number of amides is 1. The molecule has 0 spiro atoms. The van der Waals surface area contributed by atoms with E-state index in [0.29, 0.717) is 12.0 Å². The molecule has 1 atom stereocenters. The summed E-state index contributed by atoms with van der Waals surface area (Å²) >= 11 is 0. The lowest BCUT2D eigenvalue weighted by atomic mass is 9.96. The smallest absolute Gasteiger partial charge is 0.422 e. The number of hydrogen-bond acceptors (Lipinski definition) is 3. The molecule has 7 heteroatoms. The summed E-state index contributed by atoms with van der Waals surface area (Å²) in [7, 11) is 0. The third kappa shape index (κ3) is 6.34. The molecule has 0 heterocycles. The fourth-order valence-electron chi connectivity index (χ4n) is 1.93. The monoisotopic (exact) mass is 318 g/mol. The van der Waals surface area contributed by atoms with Gasteiger partial charge in [0.1, 0.15) is 5.75 Å². The maximum Gasteiger partial charge on any atom is 0.422 e. The Balaban J connectivity index is 2.58. The number of ether oxygens (including phenoxy) is 1. The first-order valence-electron chi connectivity index (χ1n) is 7.00. The molecule has 0 saturated carbocycles. The van der Waals surface area contributed by atoms with E-state index in [4.69, 9.17) is 5.73 Å². The third-order valence-corrected chi connectivity index (χ3v) is 3.04. The van der Waals surface area contributed by atoms with Gasteiger partial charge in [-0.05, 0) is 31.0 Å². The molecule has 1 aromatic rings. The standard InChI is InChI=1S/C15H21F3N2O2/c1-3-7-14(2,19)13(21)20-9-11-5-4-6-12(8-11)22-10-15(16,17)18/h4-6,8H,3,7,9-10,19H2,1-2H3,(H,20,21). The van der Waals surface area contributed by atoms with Crippen LogP contribution >= 0.6 is 0 Å². The van der Waals surface area contributed by atoms with Gasteiger partial charge in [-0.1, -0.05) is 25.5 Å².